The molecule has 2 atom stereocenters. The van der Waals surface area contributed by atoms with Crippen LogP contribution in [0.4, 0.5) is 0 Å². The molecule has 0 aliphatic heterocycles. The molecule has 10 heteroatoms. The van der Waals surface area contributed by atoms with Crippen molar-refractivity contribution in [2.24, 2.45) is 0 Å². The molecule has 69 heavy (non-hydrogen) atoms. The normalized spacial score (nSPS) is 13.3. The summed E-state index contributed by atoms with van der Waals surface area (Å²) in [5.74, 6) is -0.850. The Morgan fingerprint density at radius 1 is 0.435 bits per heavy atom. The lowest BCUT2D eigenvalue weighted by Gasteiger charge is -2.28. The van der Waals surface area contributed by atoms with Crippen LogP contribution in [0.1, 0.15) is 303 Å². The largest absolute Gasteiger partial charge is 0.756 e. The van der Waals surface area contributed by atoms with Crippen molar-refractivity contribution in [1.29, 1.82) is 0 Å². The molecule has 1 unspecified atom stereocenters. The molecule has 410 valence electrons. The maximum Gasteiger partial charge on any atom is 0.306 e. The molecule has 0 bridgehead atoms. The summed E-state index contributed by atoms with van der Waals surface area (Å²) in [5.41, 5.74) is 0. The van der Waals surface area contributed by atoms with Gasteiger partial charge in [-0.25, -0.2) is 0 Å². The Morgan fingerprint density at radius 3 is 1.12 bits per heavy atom. The Kier molecular flexibility index (Phi) is 50.7. The highest BCUT2D eigenvalue weighted by Gasteiger charge is 2.21. The molecule has 0 aliphatic rings. The summed E-state index contributed by atoms with van der Waals surface area (Å²) in [5, 5.41) is 0. The van der Waals surface area contributed by atoms with Crippen LogP contribution in [0.2, 0.25) is 0 Å². The van der Waals surface area contributed by atoms with Crippen LogP contribution in [-0.2, 0) is 32.7 Å². The minimum absolute atomic E-state index is 0.0314. The second-order valence-corrected chi connectivity index (χ2v) is 23.1. The average Bonchev–Trinajstić information content (AvgIpc) is 3.31. The SMILES string of the molecule is CCCCCCCCCCCCCCCCCCCC/C=C/CCCC(=O)O[C@H](COC(=O)CCCCCCCCCCCCCCCCCCCCCCCC)COP(=O)([O-])OCC[N+](C)(C)C. The first-order valence-electron chi connectivity index (χ1n) is 29.9. The number of rotatable bonds is 56. The number of esters is 2. The summed E-state index contributed by atoms with van der Waals surface area (Å²) < 4.78 is 34.1. The lowest BCUT2D eigenvalue weighted by Crippen LogP contribution is -2.37. The highest BCUT2D eigenvalue weighted by molar-refractivity contribution is 7.45. The number of phosphoric acid groups is 1. The van der Waals surface area contributed by atoms with Crippen LogP contribution in [0, 0.1) is 0 Å². The fourth-order valence-corrected chi connectivity index (χ4v) is 9.63. The Balaban J connectivity index is 4.13. The summed E-state index contributed by atoms with van der Waals surface area (Å²) in [6.45, 7) is 4.28. The van der Waals surface area contributed by atoms with Gasteiger partial charge in [0.25, 0.3) is 7.82 Å². The van der Waals surface area contributed by atoms with Gasteiger partial charge in [0.05, 0.1) is 27.7 Å². The molecule has 0 aromatic carbocycles. The van der Waals surface area contributed by atoms with Crippen molar-refractivity contribution in [3.8, 4) is 0 Å². The molecule has 0 N–H and O–H groups in total. The van der Waals surface area contributed by atoms with E-state index in [0.29, 0.717) is 17.4 Å². The summed E-state index contributed by atoms with van der Waals surface area (Å²) in [4.78, 5) is 37.9. The molecule has 0 rings (SSSR count). The molecule has 0 heterocycles. The quantitative estimate of drug-likeness (QED) is 0.0195. The molecule has 0 amide bonds. The predicted molar refractivity (Wildman–Crippen MR) is 292 cm³/mol. The van der Waals surface area contributed by atoms with Crippen molar-refractivity contribution in [1.82, 2.24) is 0 Å². The summed E-state index contributed by atoms with van der Waals surface area (Å²) >= 11 is 0. The number of likely N-dealkylation sites (N-methyl/N-ethyl adjacent to an activating group) is 1. The van der Waals surface area contributed by atoms with Crippen molar-refractivity contribution >= 4 is 19.8 Å². The van der Waals surface area contributed by atoms with E-state index in [0.717, 1.165) is 32.1 Å². The number of allylic oxidation sites excluding steroid dienone is 2. The zero-order valence-corrected chi connectivity index (χ0v) is 47.4. The molecule has 0 fully saturated rings. The van der Waals surface area contributed by atoms with E-state index in [4.69, 9.17) is 18.5 Å². The maximum atomic E-state index is 12.8. The fraction of sp³-hybridized carbons (Fsp3) is 0.932. The van der Waals surface area contributed by atoms with Gasteiger partial charge in [0.15, 0.2) is 6.10 Å². The van der Waals surface area contributed by atoms with E-state index in [1.165, 1.54) is 238 Å². The van der Waals surface area contributed by atoms with Crippen LogP contribution in [0.25, 0.3) is 0 Å². The van der Waals surface area contributed by atoms with Gasteiger partial charge in [0.1, 0.15) is 19.8 Å². The number of ether oxygens (including phenoxy) is 2. The highest BCUT2D eigenvalue weighted by atomic mass is 31.2. The van der Waals surface area contributed by atoms with Crippen molar-refractivity contribution in [3.63, 3.8) is 0 Å². The van der Waals surface area contributed by atoms with Gasteiger partial charge in [-0.3, -0.25) is 14.2 Å². The van der Waals surface area contributed by atoms with Crippen LogP contribution in [0.3, 0.4) is 0 Å². The van der Waals surface area contributed by atoms with Crippen LogP contribution in [-0.4, -0.2) is 70.0 Å². The minimum atomic E-state index is -4.64. The Hall–Kier alpha value is -1.25. The number of carbonyl (C=O) groups excluding carboxylic acids is 2. The average molecular weight is 999 g/mol. The second-order valence-electron chi connectivity index (χ2n) is 21.7. The Labute approximate surface area is 428 Å². The number of nitrogens with zero attached hydrogens (tertiary/aromatic N) is 1. The second kappa shape index (κ2) is 51.6. The van der Waals surface area contributed by atoms with E-state index < -0.39 is 26.5 Å². The van der Waals surface area contributed by atoms with E-state index in [-0.39, 0.29) is 32.0 Å². The van der Waals surface area contributed by atoms with Crippen LogP contribution in [0.15, 0.2) is 12.2 Å². The topological polar surface area (TPSA) is 111 Å². The maximum absolute atomic E-state index is 12.8. The van der Waals surface area contributed by atoms with Crippen LogP contribution >= 0.6 is 7.82 Å². The number of hydrogen-bond acceptors (Lipinski definition) is 8. The standard InChI is InChI=1S/C59H116NO8P/c1-6-8-10-12-14-16-18-20-22-24-26-28-30-32-34-36-38-40-42-44-46-48-50-52-59(62)68-57(56-67-69(63,64)66-54-53-60(3,4)5)55-65-58(61)51-49-47-45-43-41-39-37-35-33-31-29-27-25-23-21-19-17-15-13-11-9-7-2/h44,46,57H,6-43,45,47-56H2,1-5H3/b46-44+/t57-/m1/s1. The first kappa shape index (κ1) is 67.8. The first-order valence-corrected chi connectivity index (χ1v) is 31.4. The number of carbonyl (C=O) groups is 2. The van der Waals surface area contributed by atoms with Crippen LogP contribution in [0.5, 0.6) is 0 Å². The summed E-state index contributed by atoms with van der Waals surface area (Å²) in [6, 6.07) is 0. The van der Waals surface area contributed by atoms with Gasteiger partial charge in [-0.15, -0.1) is 0 Å². The molecular weight excluding hydrogens is 882 g/mol. The first-order chi connectivity index (χ1) is 33.5. The molecule has 0 spiro atoms. The van der Waals surface area contributed by atoms with Crippen molar-refractivity contribution in [2.45, 2.75) is 309 Å². The van der Waals surface area contributed by atoms with Gasteiger partial charge in [-0.1, -0.05) is 270 Å². The third-order valence-electron chi connectivity index (χ3n) is 13.5. The third kappa shape index (κ3) is 55.9. The monoisotopic (exact) mass is 998 g/mol. The molecule has 0 saturated carbocycles. The molecular formula is C59H116NO8P. The van der Waals surface area contributed by atoms with Crippen molar-refractivity contribution < 1.29 is 42.1 Å². The van der Waals surface area contributed by atoms with E-state index in [9.17, 15) is 19.0 Å². The Bertz CT molecular complexity index is 1180. The molecule has 0 aliphatic carbocycles. The molecule has 0 aromatic heterocycles. The van der Waals surface area contributed by atoms with E-state index in [1.54, 1.807) is 0 Å². The number of hydrogen-bond donors (Lipinski definition) is 0. The van der Waals surface area contributed by atoms with Gasteiger partial charge in [-0.05, 0) is 32.1 Å². The fourth-order valence-electron chi connectivity index (χ4n) is 8.90. The van der Waals surface area contributed by atoms with Gasteiger partial charge < -0.3 is 27.9 Å². The summed E-state index contributed by atoms with van der Waals surface area (Å²) in [7, 11) is 1.17. The van der Waals surface area contributed by atoms with Gasteiger partial charge in [0.2, 0.25) is 0 Å². The highest BCUT2D eigenvalue weighted by Crippen LogP contribution is 2.38. The van der Waals surface area contributed by atoms with Gasteiger partial charge >= 0.3 is 11.9 Å². The van der Waals surface area contributed by atoms with Crippen LogP contribution < -0.4 is 4.89 Å². The lowest BCUT2D eigenvalue weighted by atomic mass is 10.0. The van der Waals surface area contributed by atoms with E-state index >= 15 is 0 Å². The van der Waals surface area contributed by atoms with Gasteiger partial charge in [0, 0.05) is 12.8 Å². The zero-order chi connectivity index (χ0) is 50.6. The van der Waals surface area contributed by atoms with Crippen molar-refractivity contribution in [3.05, 3.63) is 12.2 Å². The van der Waals surface area contributed by atoms with Crippen molar-refractivity contribution in [2.75, 3.05) is 47.5 Å². The molecule has 0 aromatic rings. The number of phosphoric ester groups is 1. The Morgan fingerprint density at radius 2 is 0.754 bits per heavy atom. The molecule has 9 nitrogen and oxygen atoms in total. The minimum Gasteiger partial charge on any atom is -0.756 e. The summed E-state index contributed by atoms with van der Waals surface area (Å²) in [6.07, 6.45) is 59.9. The van der Waals surface area contributed by atoms with E-state index in [2.05, 4.69) is 26.0 Å². The zero-order valence-electron chi connectivity index (χ0n) is 46.5. The molecule has 0 radical (unpaired) electrons. The number of unbranched alkanes of at least 4 members (excludes halogenated alkanes) is 40. The van der Waals surface area contributed by atoms with Gasteiger partial charge in [-0.2, -0.15) is 0 Å². The predicted octanol–water partition coefficient (Wildman–Crippen LogP) is 17.8. The number of quaternary nitrogens is 1. The smallest absolute Gasteiger partial charge is 0.306 e. The van der Waals surface area contributed by atoms with E-state index in [1.807, 2.05) is 21.1 Å². The lowest BCUT2D eigenvalue weighted by molar-refractivity contribution is -0.870. The third-order valence-corrected chi connectivity index (χ3v) is 14.5. The molecule has 0 saturated heterocycles.